The highest BCUT2D eigenvalue weighted by atomic mass is 32.2. The van der Waals surface area contributed by atoms with Crippen molar-refractivity contribution in [1.29, 1.82) is 0 Å². The van der Waals surface area contributed by atoms with Crippen molar-refractivity contribution in [2.45, 2.75) is 4.90 Å². The Morgan fingerprint density at radius 3 is 2.06 bits per heavy atom. The molecule has 0 saturated carbocycles. The maximum atomic E-state index is 11.3. The van der Waals surface area contributed by atoms with Crippen molar-refractivity contribution in [1.82, 2.24) is 0 Å². The third-order valence-corrected chi connectivity index (χ3v) is 3.90. The Balaban J connectivity index is 2.51. The van der Waals surface area contributed by atoms with Crippen molar-refractivity contribution >= 4 is 31.7 Å². The minimum absolute atomic E-state index is 0.0502. The summed E-state index contributed by atoms with van der Waals surface area (Å²) in [5, 5.41) is 3.32. The molecule has 0 spiro atoms. The second kappa shape index (κ2) is 3.80. The molecule has 0 atom stereocenters. The molecule has 3 nitrogen and oxygen atoms in total. The van der Waals surface area contributed by atoms with Crippen LogP contribution in [-0.2, 0) is 10.1 Å². The van der Waals surface area contributed by atoms with Crippen molar-refractivity contribution in [3.63, 3.8) is 0 Å². The standard InChI is InChI=1S/C14H10O3S/c15-18(16,17)14-7-3-6-12-8-10-4-1-2-5-11(10)9-13(12)14/h1-9H,(H,15,16,17). The van der Waals surface area contributed by atoms with Gasteiger partial charge in [-0.05, 0) is 34.4 Å². The lowest BCUT2D eigenvalue weighted by atomic mass is 10.0. The van der Waals surface area contributed by atoms with E-state index in [1.807, 2.05) is 36.4 Å². The summed E-state index contributed by atoms with van der Waals surface area (Å²) in [7, 11) is -4.20. The SMILES string of the molecule is O=S(=O)(O)c1cccc2cc3ccccc3cc12. The third kappa shape index (κ3) is 1.75. The average Bonchev–Trinajstić information content (AvgIpc) is 2.34. The number of fused-ring (bicyclic) bond motifs is 2. The zero-order valence-electron chi connectivity index (χ0n) is 9.37. The molecule has 0 aliphatic heterocycles. The van der Waals surface area contributed by atoms with Gasteiger partial charge in [0, 0.05) is 5.39 Å². The Bertz CT molecular complexity index is 851. The second-order valence-corrected chi connectivity index (χ2v) is 5.54. The predicted molar refractivity (Wildman–Crippen MR) is 71.3 cm³/mol. The topological polar surface area (TPSA) is 54.4 Å². The summed E-state index contributed by atoms with van der Waals surface area (Å²) in [6.07, 6.45) is 0. The fraction of sp³-hybridized carbons (Fsp3) is 0. The lowest BCUT2D eigenvalue weighted by molar-refractivity contribution is 0.484. The Morgan fingerprint density at radius 2 is 1.39 bits per heavy atom. The Kier molecular flexibility index (Phi) is 2.36. The van der Waals surface area contributed by atoms with E-state index < -0.39 is 10.1 Å². The van der Waals surface area contributed by atoms with E-state index in [0.717, 1.165) is 16.2 Å². The molecule has 0 fully saturated rings. The Morgan fingerprint density at radius 1 is 0.778 bits per heavy atom. The van der Waals surface area contributed by atoms with Crippen LogP contribution in [0.3, 0.4) is 0 Å². The molecule has 4 heteroatoms. The van der Waals surface area contributed by atoms with E-state index in [9.17, 15) is 13.0 Å². The molecular weight excluding hydrogens is 248 g/mol. The molecule has 0 unspecified atom stereocenters. The van der Waals surface area contributed by atoms with Gasteiger partial charge in [0.05, 0.1) is 0 Å². The van der Waals surface area contributed by atoms with Crippen molar-refractivity contribution in [2.24, 2.45) is 0 Å². The Hall–Kier alpha value is -1.91. The first-order valence-electron chi connectivity index (χ1n) is 5.45. The predicted octanol–water partition coefficient (Wildman–Crippen LogP) is 3.24. The molecular formula is C14H10O3S. The van der Waals surface area contributed by atoms with Crippen LogP contribution in [0.1, 0.15) is 0 Å². The van der Waals surface area contributed by atoms with E-state index in [0.29, 0.717) is 5.39 Å². The van der Waals surface area contributed by atoms with Gasteiger partial charge in [0.1, 0.15) is 4.90 Å². The van der Waals surface area contributed by atoms with Gasteiger partial charge in [-0.3, -0.25) is 4.55 Å². The van der Waals surface area contributed by atoms with Crippen LogP contribution in [-0.4, -0.2) is 13.0 Å². The van der Waals surface area contributed by atoms with E-state index in [1.54, 1.807) is 12.1 Å². The molecule has 3 rings (SSSR count). The minimum Gasteiger partial charge on any atom is -0.282 e. The third-order valence-electron chi connectivity index (χ3n) is 2.98. The van der Waals surface area contributed by atoms with Crippen LogP contribution in [0.5, 0.6) is 0 Å². The fourth-order valence-electron chi connectivity index (χ4n) is 2.16. The molecule has 0 aliphatic carbocycles. The molecule has 3 aromatic rings. The first-order valence-corrected chi connectivity index (χ1v) is 6.89. The first-order chi connectivity index (χ1) is 8.55. The Labute approximate surface area is 104 Å². The highest BCUT2D eigenvalue weighted by Crippen LogP contribution is 2.27. The van der Waals surface area contributed by atoms with Crippen LogP contribution in [0.2, 0.25) is 0 Å². The van der Waals surface area contributed by atoms with Crippen molar-refractivity contribution < 1.29 is 13.0 Å². The zero-order valence-corrected chi connectivity index (χ0v) is 10.2. The average molecular weight is 258 g/mol. The zero-order chi connectivity index (χ0) is 12.8. The van der Waals surface area contributed by atoms with Gasteiger partial charge in [-0.15, -0.1) is 0 Å². The molecule has 0 aromatic heterocycles. The minimum atomic E-state index is -4.20. The monoisotopic (exact) mass is 258 g/mol. The maximum absolute atomic E-state index is 11.3. The summed E-state index contributed by atoms with van der Waals surface area (Å²) in [5.74, 6) is 0. The summed E-state index contributed by atoms with van der Waals surface area (Å²) in [6, 6.07) is 16.3. The van der Waals surface area contributed by atoms with Crippen LogP contribution in [0.4, 0.5) is 0 Å². The van der Waals surface area contributed by atoms with E-state index in [2.05, 4.69) is 0 Å². The lowest BCUT2D eigenvalue weighted by Crippen LogP contribution is -1.98. The largest absolute Gasteiger partial charge is 0.295 e. The summed E-state index contributed by atoms with van der Waals surface area (Å²) in [6.45, 7) is 0. The van der Waals surface area contributed by atoms with Crippen LogP contribution >= 0.6 is 0 Å². The van der Waals surface area contributed by atoms with Gasteiger partial charge < -0.3 is 0 Å². The van der Waals surface area contributed by atoms with Crippen molar-refractivity contribution in [3.8, 4) is 0 Å². The molecule has 0 bridgehead atoms. The molecule has 0 aliphatic rings. The summed E-state index contributed by atoms with van der Waals surface area (Å²) in [4.78, 5) is -0.0502. The van der Waals surface area contributed by atoms with E-state index >= 15 is 0 Å². The van der Waals surface area contributed by atoms with Crippen LogP contribution < -0.4 is 0 Å². The fourth-order valence-corrected chi connectivity index (χ4v) is 2.87. The second-order valence-electron chi connectivity index (χ2n) is 4.15. The molecule has 90 valence electrons. The van der Waals surface area contributed by atoms with Gasteiger partial charge in [-0.1, -0.05) is 36.4 Å². The van der Waals surface area contributed by atoms with E-state index in [1.165, 1.54) is 6.07 Å². The smallest absolute Gasteiger partial charge is 0.282 e. The molecule has 0 saturated heterocycles. The van der Waals surface area contributed by atoms with Gasteiger partial charge in [0.25, 0.3) is 10.1 Å². The summed E-state index contributed by atoms with van der Waals surface area (Å²) >= 11 is 0. The van der Waals surface area contributed by atoms with Crippen LogP contribution in [0.25, 0.3) is 21.5 Å². The van der Waals surface area contributed by atoms with Crippen molar-refractivity contribution in [3.05, 3.63) is 54.6 Å². The maximum Gasteiger partial charge on any atom is 0.295 e. The van der Waals surface area contributed by atoms with Gasteiger partial charge in [0.2, 0.25) is 0 Å². The highest BCUT2D eigenvalue weighted by Gasteiger charge is 2.13. The van der Waals surface area contributed by atoms with Gasteiger partial charge in [-0.2, -0.15) is 8.42 Å². The number of hydrogen-bond donors (Lipinski definition) is 1. The number of benzene rings is 3. The molecule has 0 heterocycles. The summed E-state index contributed by atoms with van der Waals surface area (Å²) in [5.41, 5.74) is 0. The van der Waals surface area contributed by atoms with Gasteiger partial charge in [-0.25, -0.2) is 0 Å². The van der Waals surface area contributed by atoms with E-state index in [4.69, 9.17) is 0 Å². The van der Waals surface area contributed by atoms with Crippen LogP contribution in [0, 0.1) is 0 Å². The molecule has 18 heavy (non-hydrogen) atoms. The number of hydrogen-bond acceptors (Lipinski definition) is 2. The number of rotatable bonds is 1. The molecule has 1 N–H and O–H groups in total. The molecule has 3 aromatic carbocycles. The summed E-state index contributed by atoms with van der Waals surface area (Å²) < 4.78 is 31.9. The van der Waals surface area contributed by atoms with Gasteiger partial charge >= 0.3 is 0 Å². The quantitative estimate of drug-likeness (QED) is 0.538. The first kappa shape index (κ1) is 11.2. The van der Waals surface area contributed by atoms with Crippen LogP contribution in [0.15, 0.2) is 59.5 Å². The lowest BCUT2D eigenvalue weighted by Gasteiger charge is -2.05. The molecule has 0 amide bonds. The normalized spacial score (nSPS) is 12.1. The van der Waals surface area contributed by atoms with Crippen molar-refractivity contribution in [2.75, 3.05) is 0 Å². The highest BCUT2D eigenvalue weighted by molar-refractivity contribution is 7.86. The van der Waals surface area contributed by atoms with Gasteiger partial charge in [0.15, 0.2) is 0 Å². The molecule has 0 radical (unpaired) electrons. The van der Waals surface area contributed by atoms with E-state index in [-0.39, 0.29) is 4.90 Å².